The minimum Gasteiger partial charge on any atom is -0.460 e. The molecule has 0 atom stereocenters. The third-order valence-corrected chi connectivity index (χ3v) is 3.68. The first-order valence-electron chi connectivity index (χ1n) is 6.88. The molecule has 0 unspecified atom stereocenters. The summed E-state index contributed by atoms with van der Waals surface area (Å²) in [7, 11) is 0. The predicted molar refractivity (Wildman–Crippen MR) is 74.9 cm³/mol. The number of furan rings is 1. The van der Waals surface area contributed by atoms with Gasteiger partial charge in [-0.15, -0.1) is 0 Å². The highest BCUT2D eigenvalue weighted by atomic mass is 19.1. The van der Waals surface area contributed by atoms with Crippen molar-refractivity contribution in [2.24, 2.45) is 0 Å². The molecule has 0 bridgehead atoms. The summed E-state index contributed by atoms with van der Waals surface area (Å²) >= 11 is 0. The monoisotopic (exact) mass is 275 g/mol. The van der Waals surface area contributed by atoms with Gasteiger partial charge in [-0.25, -0.2) is 4.39 Å². The first-order valence-corrected chi connectivity index (χ1v) is 6.88. The second-order valence-corrected chi connectivity index (χ2v) is 5.07. The number of ether oxygens (including phenoxy) is 1. The van der Waals surface area contributed by atoms with Crippen molar-refractivity contribution in [2.45, 2.75) is 13.5 Å². The fourth-order valence-electron chi connectivity index (χ4n) is 2.46. The molecule has 106 valence electrons. The van der Waals surface area contributed by atoms with Crippen molar-refractivity contribution in [3.8, 4) is 11.3 Å². The maximum atomic E-state index is 13.6. The molecular weight excluding hydrogens is 257 g/mol. The fraction of sp³-hybridized carbons (Fsp3) is 0.375. The Morgan fingerprint density at radius 2 is 1.95 bits per heavy atom. The zero-order valence-corrected chi connectivity index (χ0v) is 11.6. The Morgan fingerprint density at radius 1 is 1.15 bits per heavy atom. The van der Waals surface area contributed by atoms with E-state index in [1.165, 1.54) is 6.07 Å². The second kappa shape index (κ2) is 5.77. The molecular formula is C16H18FNO2. The molecule has 2 aromatic rings. The highest BCUT2D eigenvalue weighted by molar-refractivity contribution is 5.62. The summed E-state index contributed by atoms with van der Waals surface area (Å²) in [5, 5.41) is 0. The van der Waals surface area contributed by atoms with Gasteiger partial charge in [-0.1, -0.05) is 12.1 Å². The first-order chi connectivity index (χ1) is 9.74. The third-order valence-electron chi connectivity index (χ3n) is 3.68. The van der Waals surface area contributed by atoms with Crippen LogP contribution in [0, 0.1) is 12.7 Å². The molecule has 0 spiro atoms. The minimum absolute atomic E-state index is 0.200. The smallest absolute Gasteiger partial charge is 0.134 e. The number of benzene rings is 1. The Labute approximate surface area is 118 Å². The Hall–Kier alpha value is -1.65. The third kappa shape index (κ3) is 2.76. The Balaban J connectivity index is 1.77. The van der Waals surface area contributed by atoms with Crippen LogP contribution in [0.5, 0.6) is 0 Å². The summed E-state index contributed by atoms with van der Waals surface area (Å²) in [6.45, 7) is 5.95. The normalized spacial score (nSPS) is 16.5. The van der Waals surface area contributed by atoms with Crippen LogP contribution in [0.3, 0.4) is 0 Å². The molecule has 1 aliphatic heterocycles. The van der Waals surface area contributed by atoms with Gasteiger partial charge in [0.05, 0.1) is 19.8 Å². The van der Waals surface area contributed by atoms with Crippen molar-refractivity contribution in [3.05, 3.63) is 47.5 Å². The highest BCUT2D eigenvalue weighted by Crippen LogP contribution is 2.27. The van der Waals surface area contributed by atoms with Gasteiger partial charge >= 0.3 is 0 Å². The molecule has 1 aliphatic rings. The molecule has 0 N–H and O–H groups in total. The minimum atomic E-state index is -0.200. The lowest BCUT2D eigenvalue weighted by Crippen LogP contribution is -2.35. The first kappa shape index (κ1) is 13.3. The Kier molecular flexibility index (Phi) is 3.85. The van der Waals surface area contributed by atoms with Gasteiger partial charge in [0.15, 0.2) is 0 Å². The molecule has 0 radical (unpaired) electrons. The van der Waals surface area contributed by atoms with E-state index in [9.17, 15) is 4.39 Å². The van der Waals surface area contributed by atoms with Gasteiger partial charge in [-0.3, -0.25) is 4.90 Å². The van der Waals surface area contributed by atoms with Crippen LogP contribution < -0.4 is 0 Å². The zero-order valence-electron chi connectivity index (χ0n) is 11.6. The van der Waals surface area contributed by atoms with Gasteiger partial charge in [0.2, 0.25) is 0 Å². The van der Waals surface area contributed by atoms with Gasteiger partial charge in [0.25, 0.3) is 0 Å². The summed E-state index contributed by atoms with van der Waals surface area (Å²) in [4.78, 5) is 2.30. The molecule has 0 saturated carbocycles. The Bertz CT molecular complexity index is 588. The maximum Gasteiger partial charge on any atom is 0.134 e. The van der Waals surface area contributed by atoms with E-state index in [4.69, 9.17) is 9.15 Å². The SMILES string of the molecule is Cc1c(F)cccc1-c1ccc(CN2CCOCC2)o1. The van der Waals surface area contributed by atoms with Crippen LogP contribution in [-0.4, -0.2) is 31.2 Å². The molecule has 1 saturated heterocycles. The quantitative estimate of drug-likeness (QED) is 0.860. The average molecular weight is 275 g/mol. The molecule has 0 amide bonds. The van der Waals surface area contributed by atoms with Gasteiger partial charge in [-0.2, -0.15) is 0 Å². The molecule has 1 fully saturated rings. The maximum absolute atomic E-state index is 13.6. The lowest BCUT2D eigenvalue weighted by atomic mass is 10.1. The molecule has 0 aliphatic carbocycles. The van der Waals surface area contributed by atoms with E-state index in [2.05, 4.69) is 4.90 Å². The highest BCUT2D eigenvalue weighted by Gasteiger charge is 2.14. The van der Waals surface area contributed by atoms with Gasteiger partial charge < -0.3 is 9.15 Å². The summed E-state index contributed by atoms with van der Waals surface area (Å²) < 4.78 is 24.8. The molecule has 1 aromatic heterocycles. The average Bonchev–Trinajstić information content (AvgIpc) is 2.91. The number of halogens is 1. The van der Waals surface area contributed by atoms with Crippen molar-refractivity contribution in [3.63, 3.8) is 0 Å². The van der Waals surface area contributed by atoms with E-state index >= 15 is 0 Å². The summed E-state index contributed by atoms with van der Waals surface area (Å²) in [6, 6.07) is 8.95. The summed E-state index contributed by atoms with van der Waals surface area (Å²) in [6.07, 6.45) is 0. The van der Waals surface area contributed by atoms with E-state index in [0.717, 1.165) is 49.9 Å². The van der Waals surface area contributed by atoms with Crippen molar-refractivity contribution in [1.82, 2.24) is 4.90 Å². The molecule has 4 heteroatoms. The standard InChI is InChI=1S/C16H18FNO2/c1-12-14(3-2-4-15(12)17)16-6-5-13(20-16)11-18-7-9-19-10-8-18/h2-6H,7-11H2,1H3. The van der Waals surface area contributed by atoms with Crippen LogP contribution in [0.15, 0.2) is 34.7 Å². The molecule has 3 rings (SSSR count). The molecule has 1 aromatic carbocycles. The van der Waals surface area contributed by atoms with Crippen molar-refractivity contribution in [1.29, 1.82) is 0 Å². The summed E-state index contributed by atoms with van der Waals surface area (Å²) in [5.74, 6) is 1.43. The van der Waals surface area contributed by atoms with Crippen molar-refractivity contribution >= 4 is 0 Å². The predicted octanol–water partition coefficient (Wildman–Crippen LogP) is 3.23. The van der Waals surface area contributed by atoms with Crippen LogP contribution in [0.4, 0.5) is 4.39 Å². The van der Waals surface area contributed by atoms with Crippen molar-refractivity contribution < 1.29 is 13.5 Å². The number of nitrogens with zero attached hydrogens (tertiary/aromatic N) is 1. The van der Waals surface area contributed by atoms with Crippen LogP contribution in [0.1, 0.15) is 11.3 Å². The number of hydrogen-bond acceptors (Lipinski definition) is 3. The fourth-order valence-corrected chi connectivity index (χ4v) is 2.46. The number of morpholine rings is 1. The van der Waals surface area contributed by atoms with E-state index in [-0.39, 0.29) is 5.82 Å². The van der Waals surface area contributed by atoms with Crippen LogP contribution in [0.2, 0.25) is 0 Å². The Morgan fingerprint density at radius 3 is 2.75 bits per heavy atom. The van der Waals surface area contributed by atoms with E-state index in [1.807, 2.05) is 18.2 Å². The lowest BCUT2D eigenvalue weighted by molar-refractivity contribution is 0.0314. The second-order valence-electron chi connectivity index (χ2n) is 5.07. The number of rotatable bonds is 3. The topological polar surface area (TPSA) is 25.6 Å². The van der Waals surface area contributed by atoms with Crippen LogP contribution >= 0.6 is 0 Å². The molecule has 2 heterocycles. The van der Waals surface area contributed by atoms with E-state index in [0.29, 0.717) is 5.56 Å². The largest absolute Gasteiger partial charge is 0.460 e. The van der Waals surface area contributed by atoms with E-state index < -0.39 is 0 Å². The van der Waals surface area contributed by atoms with Crippen molar-refractivity contribution in [2.75, 3.05) is 26.3 Å². The van der Waals surface area contributed by atoms with Crippen LogP contribution in [-0.2, 0) is 11.3 Å². The summed E-state index contributed by atoms with van der Waals surface area (Å²) in [5.41, 5.74) is 1.44. The van der Waals surface area contributed by atoms with Gasteiger partial charge in [-0.05, 0) is 30.7 Å². The zero-order chi connectivity index (χ0) is 13.9. The van der Waals surface area contributed by atoms with Crippen LogP contribution in [0.25, 0.3) is 11.3 Å². The van der Waals surface area contributed by atoms with E-state index in [1.54, 1.807) is 13.0 Å². The lowest BCUT2D eigenvalue weighted by Gasteiger charge is -2.25. The van der Waals surface area contributed by atoms with Gasteiger partial charge in [0.1, 0.15) is 17.3 Å². The molecule has 3 nitrogen and oxygen atoms in total. The molecule has 20 heavy (non-hydrogen) atoms. The number of hydrogen-bond donors (Lipinski definition) is 0. The van der Waals surface area contributed by atoms with Gasteiger partial charge in [0, 0.05) is 18.7 Å².